The van der Waals surface area contributed by atoms with Gasteiger partial charge < -0.3 is 5.73 Å². The standard InChI is InChI=1S/C13H18N4/c1-4-11-7-12(17(3)16-11)6-10-5-9(2)8-15-13(10)14/h5,7-8H,4,6H2,1-3H3,(H2,14,15). The van der Waals surface area contributed by atoms with Crippen molar-refractivity contribution in [3.8, 4) is 0 Å². The van der Waals surface area contributed by atoms with E-state index in [1.165, 1.54) is 5.69 Å². The molecule has 2 aromatic rings. The highest BCUT2D eigenvalue weighted by atomic mass is 15.3. The molecule has 0 bridgehead atoms. The first-order chi connectivity index (χ1) is 8.10. The number of aryl methyl sites for hydroxylation is 3. The van der Waals surface area contributed by atoms with Gasteiger partial charge in [0.05, 0.1) is 5.69 Å². The van der Waals surface area contributed by atoms with Gasteiger partial charge in [0.25, 0.3) is 0 Å². The van der Waals surface area contributed by atoms with Crippen molar-refractivity contribution in [1.29, 1.82) is 0 Å². The molecule has 2 N–H and O–H groups in total. The molecule has 0 spiro atoms. The lowest BCUT2D eigenvalue weighted by Crippen LogP contribution is -2.03. The summed E-state index contributed by atoms with van der Waals surface area (Å²) in [6, 6.07) is 4.21. The highest BCUT2D eigenvalue weighted by Crippen LogP contribution is 2.16. The van der Waals surface area contributed by atoms with Gasteiger partial charge in [0.1, 0.15) is 5.82 Å². The molecule has 0 saturated carbocycles. The molecule has 0 radical (unpaired) electrons. The number of nitrogens with two attached hydrogens (primary N) is 1. The number of pyridine rings is 1. The van der Waals surface area contributed by atoms with Crippen LogP contribution in [-0.4, -0.2) is 14.8 Å². The lowest BCUT2D eigenvalue weighted by Gasteiger charge is -2.06. The Morgan fingerprint density at radius 2 is 2.12 bits per heavy atom. The van der Waals surface area contributed by atoms with Crippen molar-refractivity contribution in [2.75, 3.05) is 5.73 Å². The molecule has 0 saturated heterocycles. The molecule has 0 aliphatic carbocycles. The minimum Gasteiger partial charge on any atom is -0.383 e. The Balaban J connectivity index is 2.30. The van der Waals surface area contributed by atoms with Gasteiger partial charge in [-0.1, -0.05) is 13.0 Å². The molecule has 0 aliphatic heterocycles. The molecule has 4 nitrogen and oxygen atoms in total. The van der Waals surface area contributed by atoms with Crippen molar-refractivity contribution >= 4 is 5.82 Å². The van der Waals surface area contributed by atoms with Crippen LogP contribution in [0, 0.1) is 6.92 Å². The Morgan fingerprint density at radius 1 is 1.35 bits per heavy atom. The summed E-state index contributed by atoms with van der Waals surface area (Å²) in [4.78, 5) is 4.18. The van der Waals surface area contributed by atoms with E-state index in [2.05, 4.69) is 29.1 Å². The number of anilines is 1. The topological polar surface area (TPSA) is 56.7 Å². The largest absolute Gasteiger partial charge is 0.383 e. The van der Waals surface area contributed by atoms with Crippen molar-refractivity contribution < 1.29 is 0 Å². The fourth-order valence-corrected chi connectivity index (χ4v) is 1.89. The van der Waals surface area contributed by atoms with Crippen molar-refractivity contribution in [2.45, 2.75) is 26.7 Å². The zero-order valence-corrected chi connectivity index (χ0v) is 10.6. The van der Waals surface area contributed by atoms with Crippen molar-refractivity contribution in [1.82, 2.24) is 14.8 Å². The molecule has 0 aromatic carbocycles. The number of aromatic nitrogens is 3. The zero-order chi connectivity index (χ0) is 12.4. The van der Waals surface area contributed by atoms with Gasteiger partial charge in [0, 0.05) is 30.9 Å². The Bertz CT molecular complexity index is 528. The Kier molecular flexibility index (Phi) is 3.13. The molecule has 0 aliphatic rings. The van der Waals surface area contributed by atoms with Crippen LogP contribution in [0.4, 0.5) is 5.82 Å². The molecular formula is C13H18N4. The van der Waals surface area contributed by atoms with Gasteiger partial charge >= 0.3 is 0 Å². The van der Waals surface area contributed by atoms with Crippen LogP contribution < -0.4 is 5.73 Å². The molecule has 90 valence electrons. The molecule has 4 heteroatoms. The van der Waals surface area contributed by atoms with Crippen molar-refractivity contribution in [3.63, 3.8) is 0 Å². The maximum Gasteiger partial charge on any atom is 0.126 e. The number of hydrogen-bond donors (Lipinski definition) is 1. The van der Waals surface area contributed by atoms with Gasteiger partial charge in [0.2, 0.25) is 0 Å². The lowest BCUT2D eigenvalue weighted by atomic mass is 10.1. The highest BCUT2D eigenvalue weighted by molar-refractivity contribution is 5.43. The van der Waals surface area contributed by atoms with Crippen LogP contribution in [0.15, 0.2) is 18.3 Å². The summed E-state index contributed by atoms with van der Waals surface area (Å²) in [5.41, 5.74) is 10.4. The first-order valence-corrected chi connectivity index (χ1v) is 5.83. The SMILES string of the molecule is CCc1cc(Cc2cc(C)cnc2N)n(C)n1. The smallest absolute Gasteiger partial charge is 0.126 e. The average molecular weight is 230 g/mol. The number of rotatable bonds is 3. The normalized spacial score (nSPS) is 10.8. The van der Waals surface area contributed by atoms with Gasteiger partial charge in [-0.25, -0.2) is 4.98 Å². The lowest BCUT2D eigenvalue weighted by molar-refractivity contribution is 0.710. The third-order valence-electron chi connectivity index (χ3n) is 2.90. The van der Waals surface area contributed by atoms with Gasteiger partial charge in [-0.15, -0.1) is 0 Å². The zero-order valence-electron chi connectivity index (χ0n) is 10.6. The molecule has 0 fully saturated rings. The van der Waals surface area contributed by atoms with Crippen molar-refractivity contribution in [2.24, 2.45) is 7.05 Å². The Hall–Kier alpha value is -1.84. The minimum atomic E-state index is 0.606. The van der Waals surface area contributed by atoms with Crippen LogP contribution in [0.2, 0.25) is 0 Å². The summed E-state index contributed by atoms with van der Waals surface area (Å²) in [5, 5.41) is 4.43. The summed E-state index contributed by atoms with van der Waals surface area (Å²) < 4.78 is 1.92. The van der Waals surface area contributed by atoms with E-state index in [0.717, 1.165) is 29.7 Å². The molecule has 2 rings (SSSR count). The fraction of sp³-hybridized carbons (Fsp3) is 0.385. The second-order valence-corrected chi connectivity index (χ2v) is 4.34. The number of nitrogens with zero attached hydrogens (tertiary/aromatic N) is 3. The molecule has 0 atom stereocenters. The maximum absolute atomic E-state index is 5.89. The molecular weight excluding hydrogens is 212 g/mol. The summed E-state index contributed by atoms with van der Waals surface area (Å²) in [6.07, 6.45) is 3.53. The monoisotopic (exact) mass is 230 g/mol. The summed E-state index contributed by atoms with van der Waals surface area (Å²) in [6.45, 7) is 4.13. The van der Waals surface area contributed by atoms with E-state index in [1.807, 2.05) is 18.7 Å². The maximum atomic E-state index is 5.89. The van der Waals surface area contributed by atoms with Crippen LogP contribution in [0.3, 0.4) is 0 Å². The van der Waals surface area contributed by atoms with Gasteiger partial charge in [-0.05, 0) is 25.0 Å². The van der Waals surface area contributed by atoms with E-state index >= 15 is 0 Å². The van der Waals surface area contributed by atoms with Crippen molar-refractivity contribution in [3.05, 3.63) is 40.8 Å². The molecule has 0 amide bonds. The van der Waals surface area contributed by atoms with Crippen LogP contribution in [0.1, 0.15) is 29.4 Å². The minimum absolute atomic E-state index is 0.606. The first kappa shape index (κ1) is 11.6. The van der Waals surface area contributed by atoms with Crippen LogP contribution in [0.25, 0.3) is 0 Å². The quantitative estimate of drug-likeness (QED) is 0.875. The van der Waals surface area contributed by atoms with E-state index < -0.39 is 0 Å². The van der Waals surface area contributed by atoms with E-state index in [1.54, 1.807) is 6.20 Å². The Morgan fingerprint density at radius 3 is 2.76 bits per heavy atom. The fourth-order valence-electron chi connectivity index (χ4n) is 1.89. The van der Waals surface area contributed by atoms with Gasteiger partial charge in [0.15, 0.2) is 0 Å². The average Bonchev–Trinajstić information content (AvgIpc) is 2.65. The third kappa shape index (κ3) is 2.46. The van der Waals surface area contributed by atoms with Gasteiger partial charge in [-0.3, -0.25) is 4.68 Å². The summed E-state index contributed by atoms with van der Waals surface area (Å²) in [5.74, 6) is 0.606. The van der Waals surface area contributed by atoms with E-state index in [-0.39, 0.29) is 0 Å². The Labute approximate surface area is 101 Å². The molecule has 2 aromatic heterocycles. The number of hydrogen-bond acceptors (Lipinski definition) is 3. The van der Waals surface area contributed by atoms with Crippen LogP contribution in [-0.2, 0) is 19.9 Å². The van der Waals surface area contributed by atoms with Crippen LogP contribution in [0.5, 0.6) is 0 Å². The molecule has 2 heterocycles. The molecule has 0 unspecified atom stereocenters. The predicted molar refractivity (Wildman–Crippen MR) is 68.8 cm³/mol. The predicted octanol–water partition coefficient (Wildman–Crippen LogP) is 1.86. The van der Waals surface area contributed by atoms with E-state index in [4.69, 9.17) is 5.73 Å². The van der Waals surface area contributed by atoms with E-state index in [9.17, 15) is 0 Å². The second-order valence-electron chi connectivity index (χ2n) is 4.34. The number of nitrogen functional groups attached to an aromatic ring is 1. The van der Waals surface area contributed by atoms with E-state index in [0.29, 0.717) is 5.82 Å². The highest BCUT2D eigenvalue weighted by Gasteiger charge is 2.08. The second kappa shape index (κ2) is 4.57. The summed E-state index contributed by atoms with van der Waals surface area (Å²) in [7, 11) is 1.97. The first-order valence-electron chi connectivity index (χ1n) is 5.83. The summed E-state index contributed by atoms with van der Waals surface area (Å²) >= 11 is 0. The molecule has 17 heavy (non-hydrogen) atoms. The van der Waals surface area contributed by atoms with Crippen LogP contribution >= 0.6 is 0 Å². The van der Waals surface area contributed by atoms with Gasteiger partial charge in [-0.2, -0.15) is 5.10 Å². The third-order valence-corrected chi connectivity index (χ3v) is 2.90.